The van der Waals surface area contributed by atoms with Crippen molar-refractivity contribution >= 4 is 22.7 Å². The third-order valence-electron chi connectivity index (χ3n) is 3.62. The Bertz CT molecular complexity index is 551. The van der Waals surface area contributed by atoms with Gasteiger partial charge in [-0.1, -0.05) is 31.2 Å². The van der Waals surface area contributed by atoms with Gasteiger partial charge in [0.25, 0.3) is 0 Å². The van der Waals surface area contributed by atoms with E-state index in [1.807, 2.05) is 42.1 Å². The van der Waals surface area contributed by atoms with Crippen LogP contribution >= 0.6 is 11.8 Å². The standard InChI is InChI=1S/C14H15NOS/c1-10-14(16,7-9-17-10)12-6-2-4-11-5-3-8-15-13(11)12/h2-6,8,10,16H,7,9H2,1H3. The maximum absolute atomic E-state index is 10.9. The predicted octanol–water partition coefficient (Wildman–Crippen LogP) is 2.95. The highest BCUT2D eigenvalue weighted by Crippen LogP contribution is 2.44. The number of aromatic nitrogens is 1. The van der Waals surface area contributed by atoms with E-state index in [0.29, 0.717) is 0 Å². The Morgan fingerprint density at radius 1 is 1.35 bits per heavy atom. The summed E-state index contributed by atoms with van der Waals surface area (Å²) in [7, 11) is 0. The van der Waals surface area contributed by atoms with Crippen LogP contribution in [-0.2, 0) is 5.60 Å². The van der Waals surface area contributed by atoms with E-state index in [0.717, 1.165) is 28.6 Å². The van der Waals surface area contributed by atoms with Crippen LogP contribution in [0.15, 0.2) is 36.5 Å². The van der Waals surface area contributed by atoms with Crippen LogP contribution in [0.4, 0.5) is 0 Å². The van der Waals surface area contributed by atoms with Gasteiger partial charge in [-0.25, -0.2) is 0 Å². The average molecular weight is 245 g/mol. The number of fused-ring (bicyclic) bond motifs is 1. The fraction of sp³-hybridized carbons (Fsp3) is 0.357. The minimum absolute atomic E-state index is 0.232. The molecule has 2 aromatic rings. The average Bonchev–Trinajstić information content (AvgIpc) is 2.70. The van der Waals surface area contributed by atoms with Crippen molar-refractivity contribution in [3.63, 3.8) is 0 Å². The van der Waals surface area contributed by atoms with Crippen LogP contribution in [0, 0.1) is 0 Å². The summed E-state index contributed by atoms with van der Waals surface area (Å²) in [5.41, 5.74) is 1.19. The molecule has 2 unspecified atom stereocenters. The number of pyridine rings is 1. The number of hydrogen-bond acceptors (Lipinski definition) is 3. The molecule has 1 aliphatic rings. The molecule has 3 rings (SSSR count). The fourth-order valence-corrected chi connectivity index (χ4v) is 3.84. The smallest absolute Gasteiger partial charge is 0.104 e. The molecule has 88 valence electrons. The topological polar surface area (TPSA) is 33.1 Å². The first-order valence-corrected chi connectivity index (χ1v) is 6.95. The van der Waals surface area contributed by atoms with Crippen molar-refractivity contribution in [2.24, 2.45) is 0 Å². The number of para-hydroxylation sites is 1. The zero-order valence-electron chi connectivity index (χ0n) is 9.76. The molecule has 0 spiro atoms. The molecule has 2 nitrogen and oxygen atoms in total. The molecule has 2 heterocycles. The minimum atomic E-state index is -0.724. The van der Waals surface area contributed by atoms with Gasteiger partial charge in [-0.15, -0.1) is 0 Å². The lowest BCUT2D eigenvalue weighted by molar-refractivity contribution is 0.0440. The zero-order chi connectivity index (χ0) is 11.9. The van der Waals surface area contributed by atoms with Crippen molar-refractivity contribution in [2.75, 3.05) is 5.75 Å². The molecule has 1 fully saturated rings. The molecule has 0 radical (unpaired) electrons. The molecule has 2 atom stereocenters. The van der Waals surface area contributed by atoms with Gasteiger partial charge in [-0.3, -0.25) is 4.98 Å². The van der Waals surface area contributed by atoms with Crippen LogP contribution in [0.3, 0.4) is 0 Å². The van der Waals surface area contributed by atoms with E-state index in [1.165, 1.54) is 0 Å². The van der Waals surface area contributed by atoms with Gasteiger partial charge < -0.3 is 5.11 Å². The molecule has 17 heavy (non-hydrogen) atoms. The molecule has 3 heteroatoms. The molecule has 1 aromatic heterocycles. The summed E-state index contributed by atoms with van der Waals surface area (Å²) in [6.45, 7) is 2.10. The lowest BCUT2D eigenvalue weighted by atomic mass is 9.87. The Morgan fingerprint density at radius 2 is 2.18 bits per heavy atom. The number of nitrogens with zero attached hydrogens (tertiary/aromatic N) is 1. The molecule has 1 saturated heterocycles. The normalized spacial score (nSPS) is 28.7. The summed E-state index contributed by atoms with van der Waals surface area (Å²) >= 11 is 1.83. The van der Waals surface area contributed by atoms with Gasteiger partial charge in [0.1, 0.15) is 5.60 Å². The molecular formula is C14H15NOS. The maximum atomic E-state index is 10.9. The number of benzene rings is 1. The molecule has 1 aliphatic heterocycles. The number of hydrogen-bond donors (Lipinski definition) is 1. The summed E-state index contributed by atoms with van der Waals surface area (Å²) < 4.78 is 0. The minimum Gasteiger partial charge on any atom is -0.384 e. The van der Waals surface area contributed by atoms with Crippen molar-refractivity contribution in [1.82, 2.24) is 4.98 Å². The number of aliphatic hydroxyl groups is 1. The highest BCUT2D eigenvalue weighted by Gasteiger charge is 2.41. The predicted molar refractivity (Wildman–Crippen MR) is 72.2 cm³/mol. The van der Waals surface area contributed by atoms with Crippen LogP contribution in [0.2, 0.25) is 0 Å². The quantitative estimate of drug-likeness (QED) is 0.838. The van der Waals surface area contributed by atoms with Crippen LogP contribution in [-0.4, -0.2) is 21.1 Å². The summed E-state index contributed by atoms with van der Waals surface area (Å²) in [4.78, 5) is 4.44. The summed E-state index contributed by atoms with van der Waals surface area (Å²) in [5, 5.41) is 12.2. The first-order valence-electron chi connectivity index (χ1n) is 5.90. The number of thioether (sulfide) groups is 1. The van der Waals surface area contributed by atoms with Gasteiger partial charge in [0.15, 0.2) is 0 Å². The second-order valence-corrected chi connectivity index (χ2v) is 6.02. The van der Waals surface area contributed by atoms with Gasteiger partial charge in [-0.05, 0) is 18.2 Å². The fourth-order valence-electron chi connectivity index (χ4n) is 2.54. The lowest BCUT2D eigenvalue weighted by Crippen LogP contribution is -2.31. The first kappa shape index (κ1) is 11.1. The zero-order valence-corrected chi connectivity index (χ0v) is 10.6. The van der Waals surface area contributed by atoms with Crippen molar-refractivity contribution in [1.29, 1.82) is 0 Å². The highest BCUT2D eigenvalue weighted by atomic mass is 32.2. The lowest BCUT2D eigenvalue weighted by Gasteiger charge is -2.28. The second-order valence-electron chi connectivity index (χ2n) is 4.57. The van der Waals surface area contributed by atoms with Gasteiger partial charge in [0.2, 0.25) is 0 Å². The van der Waals surface area contributed by atoms with Gasteiger partial charge in [0.05, 0.1) is 5.52 Å². The Morgan fingerprint density at radius 3 is 2.94 bits per heavy atom. The molecule has 1 aromatic carbocycles. The summed E-state index contributed by atoms with van der Waals surface area (Å²) in [5.74, 6) is 1.01. The Kier molecular flexibility index (Phi) is 2.60. The monoisotopic (exact) mass is 245 g/mol. The van der Waals surface area contributed by atoms with Gasteiger partial charge in [0, 0.05) is 22.4 Å². The SMILES string of the molecule is CC1SCCC1(O)c1cccc2cccnc12. The van der Waals surface area contributed by atoms with Gasteiger partial charge >= 0.3 is 0 Å². The second kappa shape index (κ2) is 4.00. The first-order chi connectivity index (χ1) is 8.22. The molecule has 1 N–H and O–H groups in total. The summed E-state index contributed by atoms with van der Waals surface area (Å²) in [6.07, 6.45) is 2.61. The largest absolute Gasteiger partial charge is 0.384 e. The maximum Gasteiger partial charge on any atom is 0.104 e. The molecule has 0 saturated carbocycles. The molecule has 0 amide bonds. The van der Waals surface area contributed by atoms with Crippen LogP contribution in [0.1, 0.15) is 18.9 Å². The van der Waals surface area contributed by atoms with Crippen LogP contribution < -0.4 is 0 Å². The molecule has 0 aliphatic carbocycles. The van der Waals surface area contributed by atoms with Crippen molar-refractivity contribution < 1.29 is 5.11 Å². The van der Waals surface area contributed by atoms with E-state index in [1.54, 1.807) is 6.20 Å². The van der Waals surface area contributed by atoms with Crippen LogP contribution in [0.5, 0.6) is 0 Å². The Hall–Kier alpha value is -1.06. The van der Waals surface area contributed by atoms with E-state index < -0.39 is 5.60 Å². The Labute approximate surface area is 105 Å². The summed E-state index contributed by atoms with van der Waals surface area (Å²) in [6, 6.07) is 10.0. The van der Waals surface area contributed by atoms with E-state index >= 15 is 0 Å². The number of rotatable bonds is 1. The van der Waals surface area contributed by atoms with Gasteiger partial charge in [-0.2, -0.15) is 11.8 Å². The van der Waals surface area contributed by atoms with E-state index in [2.05, 4.69) is 11.9 Å². The van der Waals surface area contributed by atoms with Crippen molar-refractivity contribution in [2.45, 2.75) is 24.2 Å². The Balaban J connectivity index is 2.24. The molecular weight excluding hydrogens is 230 g/mol. The van der Waals surface area contributed by atoms with Crippen molar-refractivity contribution in [3.8, 4) is 0 Å². The van der Waals surface area contributed by atoms with E-state index in [4.69, 9.17) is 0 Å². The van der Waals surface area contributed by atoms with E-state index in [-0.39, 0.29) is 5.25 Å². The van der Waals surface area contributed by atoms with Crippen molar-refractivity contribution in [3.05, 3.63) is 42.1 Å². The molecule has 0 bridgehead atoms. The third kappa shape index (κ3) is 1.65. The van der Waals surface area contributed by atoms with E-state index in [9.17, 15) is 5.11 Å². The third-order valence-corrected chi connectivity index (χ3v) is 4.95. The highest BCUT2D eigenvalue weighted by molar-refractivity contribution is 8.00. The van der Waals surface area contributed by atoms with Crippen LogP contribution in [0.25, 0.3) is 10.9 Å².